The summed E-state index contributed by atoms with van der Waals surface area (Å²) >= 11 is 0. The fourth-order valence-corrected chi connectivity index (χ4v) is 1.79. The van der Waals surface area contributed by atoms with E-state index in [0.717, 1.165) is 5.56 Å². The normalized spacial score (nSPS) is 11.7. The lowest BCUT2D eigenvalue weighted by Gasteiger charge is -2.15. The molecule has 0 aliphatic heterocycles. The Hall–Kier alpha value is -1.97. The van der Waals surface area contributed by atoms with Gasteiger partial charge >= 0.3 is 5.97 Å². The van der Waals surface area contributed by atoms with Crippen LogP contribution in [0.1, 0.15) is 32.3 Å². The monoisotopic (exact) mass is 262 g/mol. The van der Waals surface area contributed by atoms with Crippen LogP contribution in [-0.4, -0.2) is 23.6 Å². The summed E-state index contributed by atoms with van der Waals surface area (Å²) in [5.74, 6) is -1.06. The number of ketones is 2. The summed E-state index contributed by atoms with van der Waals surface area (Å²) in [6.45, 7) is 2.61. The summed E-state index contributed by atoms with van der Waals surface area (Å²) in [6.07, 6.45) is 0.00632. The molecule has 0 radical (unpaired) electrons. The number of hydrogen-bond acceptors (Lipinski definition) is 4. The zero-order chi connectivity index (χ0) is 14.3. The highest BCUT2D eigenvalue weighted by atomic mass is 16.5. The van der Waals surface area contributed by atoms with Crippen molar-refractivity contribution < 1.29 is 19.1 Å². The first kappa shape index (κ1) is 15.1. The molecule has 1 aromatic rings. The zero-order valence-electron chi connectivity index (χ0n) is 11.2. The predicted octanol–water partition coefficient (Wildman–Crippen LogP) is 2.10. The molecule has 1 unspecified atom stereocenters. The fraction of sp³-hybridized carbons (Fsp3) is 0.400. The first-order valence-electron chi connectivity index (χ1n) is 6.22. The molecule has 4 heteroatoms. The number of carbonyl (C=O) groups is 3. The molecule has 1 aromatic carbocycles. The predicted molar refractivity (Wildman–Crippen MR) is 70.6 cm³/mol. The van der Waals surface area contributed by atoms with Crippen LogP contribution >= 0.6 is 0 Å². The number of Topliss-reactive ketones (excluding diaryl/α,β-unsaturated/α-hetero) is 2. The van der Waals surface area contributed by atoms with Gasteiger partial charge in [-0.1, -0.05) is 30.3 Å². The minimum atomic E-state index is -0.832. The van der Waals surface area contributed by atoms with E-state index < -0.39 is 12.1 Å². The summed E-state index contributed by atoms with van der Waals surface area (Å²) in [4.78, 5) is 33.8. The number of carbonyl (C=O) groups excluding carboxylic acids is 3. The van der Waals surface area contributed by atoms with Gasteiger partial charge in [0.15, 0.2) is 11.9 Å². The largest absolute Gasteiger partial charge is 0.455 e. The molecular weight excluding hydrogens is 244 g/mol. The molecule has 1 rings (SSSR count). The van der Waals surface area contributed by atoms with Crippen molar-refractivity contribution in [1.29, 1.82) is 0 Å². The van der Waals surface area contributed by atoms with Crippen molar-refractivity contribution in [3.63, 3.8) is 0 Å². The van der Waals surface area contributed by atoms with E-state index >= 15 is 0 Å². The first-order valence-corrected chi connectivity index (χ1v) is 6.22. The van der Waals surface area contributed by atoms with Gasteiger partial charge in [0.05, 0.1) is 6.42 Å². The summed E-state index contributed by atoms with van der Waals surface area (Å²) < 4.78 is 4.99. The van der Waals surface area contributed by atoms with Crippen molar-refractivity contribution in [3.05, 3.63) is 35.9 Å². The minimum absolute atomic E-state index is 0.188. The molecule has 1 atom stereocenters. The van der Waals surface area contributed by atoms with E-state index in [2.05, 4.69) is 0 Å². The summed E-state index contributed by atoms with van der Waals surface area (Å²) in [7, 11) is 0. The van der Waals surface area contributed by atoms with Gasteiger partial charge in [-0.25, -0.2) is 0 Å². The number of ether oxygens (including phenoxy) is 1. The molecule has 0 amide bonds. The van der Waals surface area contributed by atoms with Gasteiger partial charge in [0.2, 0.25) is 0 Å². The Kier molecular flexibility index (Phi) is 5.93. The van der Waals surface area contributed by atoms with Crippen LogP contribution in [0.15, 0.2) is 30.3 Å². The summed E-state index contributed by atoms with van der Waals surface area (Å²) in [5.41, 5.74) is 1.07. The van der Waals surface area contributed by atoms with E-state index in [1.807, 2.05) is 30.3 Å². The van der Waals surface area contributed by atoms with Crippen LogP contribution in [-0.2, 0) is 25.5 Å². The van der Waals surface area contributed by atoms with Crippen LogP contribution in [0.25, 0.3) is 0 Å². The molecule has 0 N–H and O–H groups in total. The van der Waals surface area contributed by atoms with Crippen molar-refractivity contribution >= 4 is 17.5 Å². The number of aryl methyl sites for hydroxylation is 1. The Morgan fingerprint density at radius 2 is 1.74 bits per heavy atom. The van der Waals surface area contributed by atoms with Gasteiger partial charge in [-0.3, -0.25) is 14.4 Å². The van der Waals surface area contributed by atoms with Crippen molar-refractivity contribution in [1.82, 2.24) is 0 Å². The highest BCUT2D eigenvalue weighted by Crippen LogP contribution is 2.10. The summed E-state index contributed by atoms with van der Waals surface area (Å²) in [5, 5.41) is 0. The van der Waals surface area contributed by atoms with Crippen LogP contribution in [0.5, 0.6) is 0 Å². The lowest BCUT2D eigenvalue weighted by molar-refractivity contribution is -0.154. The molecule has 102 valence electrons. The third-order valence-corrected chi connectivity index (χ3v) is 2.63. The Morgan fingerprint density at radius 1 is 1.11 bits per heavy atom. The van der Waals surface area contributed by atoms with Gasteiger partial charge in [-0.15, -0.1) is 0 Å². The Bertz CT molecular complexity index is 450. The highest BCUT2D eigenvalue weighted by molar-refractivity contribution is 6.00. The quantitative estimate of drug-likeness (QED) is 0.557. The van der Waals surface area contributed by atoms with E-state index in [1.165, 1.54) is 13.8 Å². The van der Waals surface area contributed by atoms with Gasteiger partial charge < -0.3 is 4.74 Å². The SMILES string of the molecule is CC(=O)CC(=O)C(CCc1ccccc1)OC(C)=O. The first-order chi connectivity index (χ1) is 8.99. The second kappa shape index (κ2) is 7.46. The molecule has 0 aliphatic carbocycles. The molecule has 19 heavy (non-hydrogen) atoms. The maximum absolute atomic E-state index is 11.8. The zero-order valence-corrected chi connectivity index (χ0v) is 11.2. The number of esters is 1. The molecule has 0 aliphatic rings. The average molecular weight is 262 g/mol. The van der Waals surface area contributed by atoms with Gasteiger partial charge in [0.1, 0.15) is 5.78 Å². The van der Waals surface area contributed by atoms with Gasteiger partial charge in [-0.2, -0.15) is 0 Å². The van der Waals surface area contributed by atoms with E-state index in [-0.39, 0.29) is 18.0 Å². The maximum Gasteiger partial charge on any atom is 0.303 e. The minimum Gasteiger partial charge on any atom is -0.455 e. The molecule has 0 saturated heterocycles. The number of benzene rings is 1. The lowest BCUT2D eigenvalue weighted by atomic mass is 10.0. The third-order valence-electron chi connectivity index (χ3n) is 2.63. The highest BCUT2D eigenvalue weighted by Gasteiger charge is 2.22. The molecule has 4 nitrogen and oxygen atoms in total. The molecule has 0 saturated carbocycles. The van der Waals surface area contributed by atoms with E-state index in [1.54, 1.807) is 0 Å². The Labute approximate surface area is 112 Å². The topological polar surface area (TPSA) is 60.4 Å². The second-order valence-electron chi connectivity index (χ2n) is 4.47. The summed E-state index contributed by atoms with van der Waals surface area (Å²) in [6, 6.07) is 9.62. The van der Waals surface area contributed by atoms with Crippen LogP contribution in [0.4, 0.5) is 0 Å². The van der Waals surface area contributed by atoms with Crippen LogP contribution in [0.3, 0.4) is 0 Å². The molecule has 0 aromatic heterocycles. The van der Waals surface area contributed by atoms with E-state index in [9.17, 15) is 14.4 Å². The van der Waals surface area contributed by atoms with Gasteiger partial charge in [0, 0.05) is 6.92 Å². The van der Waals surface area contributed by atoms with Crippen molar-refractivity contribution in [2.45, 2.75) is 39.2 Å². The van der Waals surface area contributed by atoms with E-state index in [4.69, 9.17) is 4.74 Å². The van der Waals surface area contributed by atoms with Gasteiger partial charge in [0.25, 0.3) is 0 Å². The lowest BCUT2D eigenvalue weighted by Crippen LogP contribution is -2.28. The fourth-order valence-electron chi connectivity index (χ4n) is 1.79. The molecule has 0 fully saturated rings. The number of rotatable bonds is 7. The molecule has 0 heterocycles. The van der Waals surface area contributed by atoms with Crippen molar-refractivity contribution in [3.8, 4) is 0 Å². The smallest absolute Gasteiger partial charge is 0.303 e. The van der Waals surface area contributed by atoms with Crippen LogP contribution in [0, 0.1) is 0 Å². The van der Waals surface area contributed by atoms with Gasteiger partial charge in [-0.05, 0) is 25.3 Å². The molecular formula is C15H18O4. The Morgan fingerprint density at radius 3 is 2.26 bits per heavy atom. The third kappa shape index (κ3) is 5.95. The second-order valence-corrected chi connectivity index (χ2v) is 4.47. The van der Waals surface area contributed by atoms with Crippen LogP contribution in [0.2, 0.25) is 0 Å². The Balaban J connectivity index is 2.61. The van der Waals surface area contributed by atoms with Crippen molar-refractivity contribution in [2.24, 2.45) is 0 Å². The standard InChI is InChI=1S/C15H18O4/c1-11(16)10-14(18)15(19-12(2)17)9-8-13-6-4-3-5-7-13/h3-7,15H,8-10H2,1-2H3. The average Bonchev–Trinajstić information content (AvgIpc) is 2.34. The van der Waals surface area contributed by atoms with Crippen molar-refractivity contribution in [2.75, 3.05) is 0 Å². The maximum atomic E-state index is 11.8. The molecule has 0 bridgehead atoms. The van der Waals surface area contributed by atoms with E-state index in [0.29, 0.717) is 12.8 Å². The molecule has 0 spiro atoms. The van der Waals surface area contributed by atoms with Crippen LogP contribution < -0.4 is 0 Å². The number of hydrogen-bond donors (Lipinski definition) is 0.